The number of carbonyl (C=O) groups excluding carboxylic acids is 1. The van der Waals surface area contributed by atoms with Crippen molar-refractivity contribution in [2.24, 2.45) is 0 Å². The predicted molar refractivity (Wildman–Crippen MR) is 99.3 cm³/mol. The first-order chi connectivity index (χ1) is 14.3. The molecule has 0 bridgehead atoms. The van der Waals surface area contributed by atoms with Crippen molar-refractivity contribution in [1.29, 1.82) is 0 Å². The van der Waals surface area contributed by atoms with Gasteiger partial charge in [-0.2, -0.15) is 9.97 Å². The summed E-state index contributed by atoms with van der Waals surface area (Å²) in [5.41, 5.74) is 0. The molecule has 0 aromatic carbocycles. The Labute approximate surface area is 171 Å². The van der Waals surface area contributed by atoms with E-state index in [0.29, 0.717) is 37.6 Å². The van der Waals surface area contributed by atoms with E-state index in [0.717, 1.165) is 0 Å². The molecule has 2 fully saturated rings. The Morgan fingerprint density at radius 1 is 1.27 bits per heavy atom. The van der Waals surface area contributed by atoms with Gasteiger partial charge in [0.1, 0.15) is 11.9 Å². The van der Waals surface area contributed by atoms with Crippen molar-refractivity contribution in [3.05, 3.63) is 11.9 Å². The van der Waals surface area contributed by atoms with Gasteiger partial charge in [-0.25, -0.2) is 18.6 Å². The summed E-state index contributed by atoms with van der Waals surface area (Å²) in [4.78, 5) is 25.8. The highest BCUT2D eigenvalue weighted by Crippen LogP contribution is 2.34. The second-order valence-corrected chi connectivity index (χ2v) is 7.45. The number of rotatable bonds is 5. The highest BCUT2D eigenvalue weighted by molar-refractivity contribution is 5.68. The molecule has 0 atom stereocenters. The molecule has 1 saturated heterocycles. The van der Waals surface area contributed by atoms with Crippen LogP contribution >= 0.6 is 0 Å². The van der Waals surface area contributed by atoms with Crippen molar-refractivity contribution in [2.45, 2.75) is 50.7 Å². The summed E-state index contributed by atoms with van der Waals surface area (Å²) in [6.07, 6.45) is -0.341. The highest BCUT2D eigenvalue weighted by atomic mass is 19.3. The van der Waals surface area contributed by atoms with Gasteiger partial charge in [-0.15, -0.1) is 0 Å². The van der Waals surface area contributed by atoms with E-state index < -0.39 is 12.0 Å². The summed E-state index contributed by atoms with van der Waals surface area (Å²) in [7, 11) is 1.32. The first kappa shape index (κ1) is 20.2. The van der Waals surface area contributed by atoms with E-state index >= 15 is 0 Å². The molecule has 2 aromatic rings. The fraction of sp³-hybridized carbons (Fsp3) is 0.611. The molecule has 0 unspecified atom stereocenters. The molecule has 4 rings (SSSR count). The number of aromatic nitrogens is 4. The zero-order chi connectivity index (χ0) is 21.3. The third kappa shape index (κ3) is 4.57. The van der Waals surface area contributed by atoms with Crippen LogP contribution in [0.3, 0.4) is 0 Å². The van der Waals surface area contributed by atoms with E-state index in [4.69, 9.17) is 9.26 Å². The molecular weight excluding hydrogens is 402 g/mol. The third-order valence-corrected chi connectivity index (χ3v) is 5.06. The molecule has 1 saturated carbocycles. The van der Waals surface area contributed by atoms with Gasteiger partial charge in [-0.1, -0.05) is 5.16 Å². The van der Waals surface area contributed by atoms with Gasteiger partial charge in [0.25, 0.3) is 5.89 Å². The fourth-order valence-electron chi connectivity index (χ4n) is 3.40. The molecular formula is C18H22F2N6O4. The Morgan fingerprint density at radius 3 is 2.63 bits per heavy atom. The normalized spacial score (nSPS) is 19.3. The van der Waals surface area contributed by atoms with Crippen molar-refractivity contribution < 1.29 is 27.6 Å². The maximum atomic E-state index is 13.4. The van der Waals surface area contributed by atoms with Crippen LogP contribution in [0.25, 0.3) is 11.7 Å². The Balaban J connectivity index is 1.49. The van der Waals surface area contributed by atoms with Gasteiger partial charge in [-0.05, 0) is 19.8 Å². The minimum Gasteiger partial charge on any atom is -0.470 e. The molecule has 30 heavy (non-hydrogen) atoms. The fourth-order valence-corrected chi connectivity index (χ4v) is 3.40. The van der Waals surface area contributed by atoms with Crippen LogP contribution in [0.1, 0.15) is 31.5 Å². The average molecular weight is 424 g/mol. The summed E-state index contributed by atoms with van der Waals surface area (Å²) < 4.78 is 42.5. The third-order valence-electron chi connectivity index (χ3n) is 5.06. The van der Waals surface area contributed by atoms with Gasteiger partial charge in [0.05, 0.1) is 20.2 Å². The summed E-state index contributed by atoms with van der Waals surface area (Å²) >= 11 is 0. The number of nitrogens with zero attached hydrogens (tertiary/aromatic N) is 5. The van der Waals surface area contributed by atoms with Crippen LogP contribution in [0.15, 0.2) is 10.6 Å². The van der Waals surface area contributed by atoms with Gasteiger partial charge in [0.15, 0.2) is 5.82 Å². The number of hydrogen-bond acceptors (Lipinski definition) is 9. The molecule has 0 spiro atoms. The SMILES string of the molecule is COC(=O)N1CC(Oc2cc(NC3CCC(F)(F)CC3)nc(-c3nc(C)no3)n2)C1. The van der Waals surface area contributed by atoms with Crippen LogP contribution < -0.4 is 10.1 Å². The molecule has 0 radical (unpaired) electrons. The number of hydrogen-bond donors (Lipinski definition) is 1. The van der Waals surface area contributed by atoms with E-state index in [1.54, 1.807) is 13.0 Å². The highest BCUT2D eigenvalue weighted by Gasteiger charge is 2.36. The Kier molecular flexibility index (Phi) is 5.39. The second-order valence-electron chi connectivity index (χ2n) is 7.45. The molecule has 10 nitrogen and oxygen atoms in total. The lowest BCUT2D eigenvalue weighted by Gasteiger charge is -2.37. The molecule has 1 aliphatic heterocycles. The lowest BCUT2D eigenvalue weighted by Crippen LogP contribution is -2.56. The lowest BCUT2D eigenvalue weighted by atomic mass is 9.92. The van der Waals surface area contributed by atoms with Crippen LogP contribution in [0, 0.1) is 6.92 Å². The van der Waals surface area contributed by atoms with Crippen molar-refractivity contribution in [3.63, 3.8) is 0 Å². The summed E-state index contributed by atoms with van der Waals surface area (Å²) in [6, 6.07) is 1.46. The first-order valence-corrected chi connectivity index (χ1v) is 9.65. The number of aryl methyl sites for hydroxylation is 1. The average Bonchev–Trinajstić information content (AvgIpc) is 3.12. The number of methoxy groups -OCH3 is 1. The zero-order valence-corrected chi connectivity index (χ0v) is 16.6. The van der Waals surface area contributed by atoms with Crippen molar-refractivity contribution >= 4 is 11.9 Å². The molecule has 1 amide bonds. The smallest absolute Gasteiger partial charge is 0.409 e. The number of likely N-dealkylation sites (tertiary alicyclic amines) is 1. The largest absolute Gasteiger partial charge is 0.470 e. The number of alkyl halides is 2. The summed E-state index contributed by atoms with van der Waals surface area (Å²) in [5, 5.41) is 6.92. The molecule has 2 aliphatic rings. The van der Waals surface area contributed by atoms with Crippen LogP contribution in [-0.4, -0.2) is 69.4 Å². The van der Waals surface area contributed by atoms with Crippen molar-refractivity contribution in [3.8, 4) is 17.6 Å². The van der Waals surface area contributed by atoms with Gasteiger partial charge in [0.2, 0.25) is 17.6 Å². The van der Waals surface area contributed by atoms with E-state index in [-0.39, 0.29) is 42.6 Å². The predicted octanol–water partition coefficient (Wildman–Crippen LogP) is 2.65. The first-order valence-electron chi connectivity index (χ1n) is 9.65. The Hall–Kier alpha value is -3.05. The van der Waals surface area contributed by atoms with E-state index in [2.05, 4.69) is 30.2 Å². The Bertz CT molecular complexity index is 908. The maximum absolute atomic E-state index is 13.4. The van der Waals surface area contributed by atoms with Gasteiger partial charge in [0, 0.05) is 24.9 Å². The number of halogens is 2. The van der Waals surface area contributed by atoms with Crippen LogP contribution in [0.5, 0.6) is 5.88 Å². The molecule has 12 heteroatoms. The molecule has 162 valence electrons. The van der Waals surface area contributed by atoms with E-state index in [1.165, 1.54) is 12.0 Å². The number of carbonyl (C=O) groups is 1. The van der Waals surface area contributed by atoms with Gasteiger partial charge >= 0.3 is 6.09 Å². The van der Waals surface area contributed by atoms with Crippen molar-refractivity contribution in [2.75, 3.05) is 25.5 Å². The van der Waals surface area contributed by atoms with Gasteiger partial charge < -0.3 is 24.2 Å². The number of anilines is 1. The molecule has 2 aromatic heterocycles. The maximum Gasteiger partial charge on any atom is 0.409 e. The van der Waals surface area contributed by atoms with Crippen molar-refractivity contribution in [1.82, 2.24) is 25.0 Å². The zero-order valence-electron chi connectivity index (χ0n) is 16.6. The minimum atomic E-state index is -2.61. The quantitative estimate of drug-likeness (QED) is 0.773. The number of nitrogens with one attached hydrogen (secondary N) is 1. The topological polar surface area (TPSA) is 116 Å². The van der Waals surface area contributed by atoms with E-state index in [9.17, 15) is 13.6 Å². The van der Waals surface area contributed by atoms with Crippen LogP contribution in [-0.2, 0) is 4.74 Å². The Morgan fingerprint density at radius 2 is 2.00 bits per heavy atom. The van der Waals surface area contributed by atoms with Crippen LogP contribution in [0.2, 0.25) is 0 Å². The number of amides is 1. The second kappa shape index (κ2) is 8.00. The van der Waals surface area contributed by atoms with Gasteiger partial charge in [-0.3, -0.25) is 0 Å². The van der Waals surface area contributed by atoms with Crippen LogP contribution in [0.4, 0.5) is 19.4 Å². The molecule has 1 N–H and O–H groups in total. The summed E-state index contributed by atoms with van der Waals surface area (Å²) in [6.45, 7) is 2.41. The molecule has 1 aliphatic carbocycles. The number of ether oxygens (including phenoxy) is 2. The minimum absolute atomic E-state index is 0.126. The van der Waals surface area contributed by atoms with E-state index in [1.807, 2.05) is 0 Å². The standard InChI is InChI=1S/C18H22F2N6O4/c1-10-21-16(30-25-10)15-23-13(22-11-3-5-18(19,20)6-4-11)7-14(24-15)29-12-8-26(9-12)17(27)28-2/h7,11-12H,3-6,8-9H2,1-2H3,(H,22,23,24). The summed E-state index contributed by atoms with van der Waals surface area (Å²) in [5.74, 6) is -1.21. The lowest BCUT2D eigenvalue weighted by molar-refractivity contribution is -0.0361. The monoisotopic (exact) mass is 424 g/mol. The molecule has 3 heterocycles.